The molecule has 0 radical (unpaired) electrons. The molecule has 1 heterocycles. The van der Waals surface area contributed by atoms with Crippen LogP contribution in [-0.4, -0.2) is 11.9 Å². The fourth-order valence-corrected chi connectivity index (χ4v) is 2.39. The normalized spacial score (nSPS) is 22.1. The summed E-state index contributed by atoms with van der Waals surface area (Å²) in [5, 5.41) is 4.00. The molecule has 0 saturated heterocycles. The predicted octanol–water partition coefficient (Wildman–Crippen LogP) is 3.27. The molecule has 3 rings (SSSR count). The molecule has 0 spiro atoms. The Kier molecular flexibility index (Phi) is 2.62. The summed E-state index contributed by atoms with van der Waals surface area (Å²) < 4.78 is 5.57. The van der Waals surface area contributed by atoms with Gasteiger partial charge in [-0.2, -0.15) is 0 Å². The Labute approximate surface area is 106 Å². The number of aryl methyl sites for hydroxylation is 1. The van der Waals surface area contributed by atoms with Gasteiger partial charge in [-0.25, -0.2) is 0 Å². The molecule has 94 valence electrons. The van der Waals surface area contributed by atoms with Crippen LogP contribution in [0.4, 0.5) is 0 Å². The number of benzene rings is 1. The van der Waals surface area contributed by atoms with Crippen LogP contribution in [0.1, 0.15) is 35.9 Å². The van der Waals surface area contributed by atoms with Crippen LogP contribution >= 0.6 is 0 Å². The van der Waals surface area contributed by atoms with Gasteiger partial charge in [-0.1, -0.05) is 25.0 Å². The first-order valence-electron chi connectivity index (χ1n) is 6.48. The zero-order valence-electron chi connectivity index (χ0n) is 10.7. The Balaban J connectivity index is 1.79. The van der Waals surface area contributed by atoms with Crippen molar-refractivity contribution >= 4 is 16.9 Å². The zero-order chi connectivity index (χ0) is 12.7. The summed E-state index contributed by atoms with van der Waals surface area (Å²) in [6.45, 7) is 4.18. The van der Waals surface area contributed by atoms with Gasteiger partial charge in [0.25, 0.3) is 5.91 Å². The molecule has 1 aromatic carbocycles. The van der Waals surface area contributed by atoms with Crippen molar-refractivity contribution in [3.05, 3.63) is 35.6 Å². The lowest BCUT2D eigenvalue weighted by atomic mass is 10.2. The van der Waals surface area contributed by atoms with E-state index < -0.39 is 0 Å². The number of hydrogen-bond acceptors (Lipinski definition) is 2. The predicted molar refractivity (Wildman–Crippen MR) is 70.6 cm³/mol. The van der Waals surface area contributed by atoms with Crippen molar-refractivity contribution in [2.45, 2.75) is 32.7 Å². The summed E-state index contributed by atoms with van der Waals surface area (Å²) in [5.74, 6) is 0.975. The van der Waals surface area contributed by atoms with Crippen LogP contribution in [0.3, 0.4) is 0 Å². The van der Waals surface area contributed by atoms with Crippen molar-refractivity contribution in [1.29, 1.82) is 0 Å². The van der Waals surface area contributed by atoms with E-state index in [0.29, 0.717) is 17.7 Å². The number of rotatable bonds is 3. The van der Waals surface area contributed by atoms with Gasteiger partial charge in [0.05, 0.1) is 0 Å². The molecule has 1 amide bonds. The molecule has 1 aliphatic rings. The minimum Gasteiger partial charge on any atom is -0.451 e. The molecule has 1 aliphatic carbocycles. The van der Waals surface area contributed by atoms with Gasteiger partial charge < -0.3 is 9.73 Å². The molecule has 1 fully saturated rings. The van der Waals surface area contributed by atoms with Gasteiger partial charge >= 0.3 is 0 Å². The standard InChI is InChI=1S/C15H17NO2/c1-3-10-7-12(10)16-15(17)14-8-11-6-9(2)4-5-13(11)18-14/h4-6,8,10,12H,3,7H2,1-2H3,(H,16,17)/t10-,12-/m0/s1. The monoisotopic (exact) mass is 243 g/mol. The van der Waals surface area contributed by atoms with Crippen LogP contribution < -0.4 is 5.32 Å². The first-order chi connectivity index (χ1) is 8.67. The lowest BCUT2D eigenvalue weighted by Gasteiger charge is -2.00. The van der Waals surface area contributed by atoms with Gasteiger partial charge in [-0.05, 0) is 37.5 Å². The SMILES string of the molecule is CC[C@H]1C[C@@H]1NC(=O)c1cc2cc(C)ccc2o1. The second-order valence-corrected chi connectivity index (χ2v) is 5.14. The molecule has 0 aliphatic heterocycles. The number of carbonyl (C=O) groups is 1. The summed E-state index contributed by atoms with van der Waals surface area (Å²) in [4.78, 5) is 12.0. The van der Waals surface area contributed by atoms with Crippen LogP contribution in [0.5, 0.6) is 0 Å². The minimum absolute atomic E-state index is 0.0928. The van der Waals surface area contributed by atoms with Crippen LogP contribution in [0.15, 0.2) is 28.7 Å². The average Bonchev–Trinajstić information content (AvgIpc) is 2.96. The quantitative estimate of drug-likeness (QED) is 0.899. The third kappa shape index (κ3) is 2.01. The van der Waals surface area contributed by atoms with Gasteiger partial charge in [-0.3, -0.25) is 4.79 Å². The number of nitrogens with one attached hydrogen (secondary N) is 1. The largest absolute Gasteiger partial charge is 0.451 e. The number of hydrogen-bond donors (Lipinski definition) is 1. The molecular formula is C15H17NO2. The van der Waals surface area contributed by atoms with E-state index in [2.05, 4.69) is 12.2 Å². The summed E-state index contributed by atoms with van der Waals surface area (Å²) in [7, 11) is 0. The lowest BCUT2D eigenvalue weighted by molar-refractivity contribution is 0.0923. The average molecular weight is 243 g/mol. The lowest BCUT2D eigenvalue weighted by Crippen LogP contribution is -2.26. The molecule has 3 heteroatoms. The zero-order valence-corrected chi connectivity index (χ0v) is 10.7. The first kappa shape index (κ1) is 11.3. The number of carbonyl (C=O) groups excluding carboxylic acids is 1. The van der Waals surface area contributed by atoms with E-state index in [0.717, 1.165) is 23.8 Å². The molecule has 0 unspecified atom stereocenters. The van der Waals surface area contributed by atoms with Crippen molar-refractivity contribution < 1.29 is 9.21 Å². The highest BCUT2D eigenvalue weighted by molar-refractivity contribution is 5.96. The second-order valence-electron chi connectivity index (χ2n) is 5.14. The molecule has 1 aromatic heterocycles. The van der Waals surface area contributed by atoms with Crippen molar-refractivity contribution in [2.75, 3.05) is 0 Å². The van der Waals surface area contributed by atoms with Crippen molar-refractivity contribution in [3.63, 3.8) is 0 Å². The molecule has 3 nitrogen and oxygen atoms in total. The van der Waals surface area contributed by atoms with Gasteiger partial charge in [0.1, 0.15) is 5.58 Å². The molecule has 1 N–H and O–H groups in total. The van der Waals surface area contributed by atoms with E-state index >= 15 is 0 Å². The Morgan fingerprint density at radius 1 is 1.44 bits per heavy atom. The van der Waals surface area contributed by atoms with E-state index in [-0.39, 0.29) is 5.91 Å². The number of amides is 1. The van der Waals surface area contributed by atoms with Crippen LogP contribution in [0.25, 0.3) is 11.0 Å². The molecule has 1 saturated carbocycles. The van der Waals surface area contributed by atoms with E-state index in [4.69, 9.17) is 4.42 Å². The van der Waals surface area contributed by atoms with E-state index in [1.807, 2.05) is 31.2 Å². The molecule has 2 atom stereocenters. The highest BCUT2D eigenvalue weighted by Crippen LogP contribution is 2.33. The van der Waals surface area contributed by atoms with Crippen LogP contribution in [0, 0.1) is 12.8 Å². The smallest absolute Gasteiger partial charge is 0.287 e. The summed E-state index contributed by atoms with van der Waals surface area (Å²) in [5.41, 5.74) is 1.94. The van der Waals surface area contributed by atoms with Gasteiger partial charge in [-0.15, -0.1) is 0 Å². The summed E-state index contributed by atoms with van der Waals surface area (Å²) in [6.07, 6.45) is 2.23. The van der Waals surface area contributed by atoms with Gasteiger partial charge in [0, 0.05) is 11.4 Å². The molecule has 0 bridgehead atoms. The highest BCUT2D eigenvalue weighted by Gasteiger charge is 2.37. The van der Waals surface area contributed by atoms with Crippen LogP contribution in [0.2, 0.25) is 0 Å². The van der Waals surface area contributed by atoms with Crippen molar-refractivity contribution in [2.24, 2.45) is 5.92 Å². The van der Waals surface area contributed by atoms with Crippen molar-refractivity contribution in [3.8, 4) is 0 Å². The third-order valence-corrected chi connectivity index (χ3v) is 3.66. The molecular weight excluding hydrogens is 226 g/mol. The minimum atomic E-state index is -0.0928. The van der Waals surface area contributed by atoms with Gasteiger partial charge in [0.15, 0.2) is 5.76 Å². The Morgan fingerprint density at radius 2 is 2.28 bits per heavy atom. The Bertz CT molecular complexity index is 600. The van der Waals surface area contributed by atoms with Gasteiger partial charge in [0.2, 0.25) is 0 Å². The Morgan fingerprint density at radius 3 is 3.00 bits per heavy atom. The molecule has 2 aromatic rings. The maximum Gasteiger partial charge on any atom is 0.287 e. The maximum atomic E-state index is 12.0. The first-order valence-corrected chi connectivity index (χ1v) is 6.48. The second kappa shape index (κ2) is 4.16. The topological polar surface area (TPSA) is 42.2 Å². The molecule has 18 heavy (non-hydrogen) atoms. The summed E-state index contributed by atoms with van der Waals surface area (Å²) >= 11 is 0. The van der Waals surface area contributed by atoms with Crippen molar-refractivity contribution in [1.82, 2.24) is 5.32 Å². The number of fused-ring (bicyclic) bond motifs is 1. The highest BCUT2D eigenvalue weighted by atomic mass is 16.3. The van der Waals surface area contributed by atoms with E-state index in [9.17, 15) is 4.79 Å². The summed E-state index contributed by atoms with van der Waals surface area (Å²) in [6, 6.07) is 8.09. The fourth-order valence-electron chi connectivity index (χ4n) is 2.39. The van der Waals surface area contributed by atoms with E-state index in [1.54, 1.807) is 0 Å². The number of furan rings is 1. The maximum absolute atomic E-state index is 12.0. The Hall–Kier alpha value is -1.77. The van der Waals surface area contributed by atoms with Crippen LogP contribution in [-0.2, 0) is 0 Å². The van der Waals surface area contributed by atoms with E-state index in [1.165, 1.54) is 5.56 Å². The fraction of sp³-hybridized carbons (Fsp3) is 0.400. The third-order valence-electron chi connectivity index (χ3n) is 3.66.